The number of benzene rings is 1. The second kappa shape index (κ2) is 7.22. The van der Waals surface area contributed by atoms with Crippen LogP contribution in [0, 0.1) is 11.2 Å². The molecule has 0 aliphatic carbocycles. The van der Waals surface area contributed by atoms with Crippen LogP contribution >= 0.6 is 28.3 Å². The zero-order valence-corrected chi connectivity index (χ0v) is 13.6. The Bertz CT molecular complexity index is 454. The summed E-state index contributed by atoms with van der Waals surface area (Å²) in [5.41, 5.74) is 5.96. The fourth-order valence-electron chi connectivity index (χ4n) is 1.65. The standard InChI is InChI=1S/C13H18BrFN2O.ClH/c1-13(2,7-16)8-17(3)12(18)10-5-4-9(15)6-11(10)14;/h4-6H,7-8,16H2,1-3H3;1H. The lowest BCUT2D eigenvalue weighted by Gasteiger charge is -2.29. The second-order valence-electron chi connectivity index (χ2n) is 5.15. The molecule has 1 amide bonds. The molecular formula is C13H19BrClFN2O. The van der Waals surface area contributed by atoms with Gasteiger partial charge in [-0.05, 0) is 46.1 Å². The van der Waals surface area contributed by atoms with Crippen LogP contribution < -0.4 is 5.73 Å². The average molecular weight is 354 g/mol. The van der Waals surface area contributed by atoms with Gasteiger partial charge in [0.25, 0.3) is 5.91 Å². The van der Waals surface area contributed by atoms with Crippen LogP contribution in [0.1, 0.15) is 24.2 Å². The number of nitrogens with two attached hydrogens (primary N) is 1. The molecule has 0 saturated carbocycles. The Labute approximate surface area is 127 Å². The third-order valence-electron chi connectivity index (χ3n) is 2.73. The molecule has 0 aliphatic heterocycles. The Morgan fingerprint density at radius 1 is 1.47 bits per heavy atom. The summed E-state index contributed by atoms with van der Waals surface area (Å²) in [5.74, 6) is -0.522. The summed E-state index contributed by atoms with van der Waals surface area (Å²) in [4.78, 5) is 13.8. The third kappa shape index (κ3) is 5.09. The van der Waals surface area contributed by atoms with Gasteiger partial charge in [-0.15, -0.1) is 12.4 Å². The highest BCUT2D eigenvalue weighted by atomic mass is 79.9. The van der Waals surface area contributed by atoms with E-state index in [1.54, 1.807) is 11.9 Å². The number of carbonyl (C=O) groups excluding carboxylic acids is 1. The molecule has 3 nitrogen and oxygen atoms in total. The van der Waals surface area contributed by atoms with Gasteiger partial charge in [0.2, 0.25) is 0 Å². The van der Waals surface area contributed by atoms with Crippen LogP contribution in [0.3, 0.4) is 0 Å². The molecule has 0 heterocycles. The number of nitrogens with zero attached hydrogens (tertiary/aromatic N) is 1. The minimum absolute atomic E-state index is 0. The van der Waals surface area contributed by atoms with Crippen molar-refractivity contribution in [3.63, 3.8) is 0 Å². The Hall–Kier alpha value is -0.650. The van der Waals surface area contributed by atoms with Gasteiger partial charge in [0.05, 0.1) is 5.56 Å². The van der Waals surface area contributed by atoms with Crippen molar-refractivity contribution in [2.24, 2.45) is 11.1 Å². The maximum absolute atomic E-state index is 13.0. The lowest BCUT2D eigenvalue weighted by Crippen LogP contribution is -2.39. The molecule has 0 aromatic heterocycles. The number of rotatable bonds is 4. The van der Waals surface area contributed by atoms with E-state index >= 15 is 0 Å². The summed E-state index contributed by atoms with van der Waals surface area (Å²) in [6.45, 7) is 5.04. The van der Waals surface area contributed by atoms with Gasteiger partial charge in [-0.3, -0.25) is 4.79 Å². The minimum atomic E-state index is -0.372. The van der Waals surface area contributed by atoms with Crippen LogP contribution in [0.5, 0.6) is 0 Å². The van der Waals surface area contributed by atoms with E-state index in [1.165, 1.54) is 18.2 Å². The number of hydrogen-bond donors (Lipinski definition) is 1. The fourth-order valence-corrected chi connectivity index (χ4v) is 2.17. The molecule has 1 aromatic rings. The SMILES string of the molecule is CN(CC(C)(C)CN)C(=O)c1ccc(F)cc1Br.Cl. The molecular weight excluding hydrogens is 335 g/mol. The first-order valence-corrected chi connectivity index (χ1v) is 6.47. The maximum Gasteiger partial charge on any atom is 0.254 e. The van der Waals surface area contributed by atoms with E-state index in [1.807, 2.05) is 13.8 Å². The monoisotopic (exact) mass is 352 g/mol. The predicted molar refractivity (Wildman–Crippen MR) is 81.1 cm³/mol. The van der Waals surface area contributed by atoms with E-state index in [9.17, 15) is 9.18 Å². The first kappa shape index (κ1) is 18.4. The van der Waals surface area contributed by atoms with Crippen molar-refractivity contribution in [2.45, 2.75) is 13.8 Å². The molecule has 1 aromatic carbocycles. The van der Waals surface area contributed by atoms with Crippen molar-refractivity contribution in [1.82, 2.24) is 4.90 Å². The van der Waals surface area contributed by atoms with Gasteiger partial charge in [-0.2, -0.15) is 0 Å². The van der Waals surface area contributed by atoms with Gasteiger partial charge in [0, 0.05) is 18.1 Å². The first-order chi connectivity index (χ1) is 8.26. The molecule has 0 aliphatic rings. The molecule has 6 heteroatoms. The molecule has 19 heavy (non-hydrogen) atoms. The topological polar surface area (TPSA) is 46.3 Å². The summed E-state index contributed by atoms with van der Waals surface area (Å²) >= 11 is 3.20. The van der Waals surface area contributed by atoms with E-state index in [4.69, 9.17) is 5.73 Å². The van der Waals surface area contributed by atoms with Crippen LogP contribution in [0.25, 0.3) is 0 Å². The number of carbonyl (C=O) groups is 1. The Balaban J connectivity index is 0.00000324. The van der Waals surface area contributed by atoms with Gasteiger partial charge in [0.1, 0.15) is 5.82 Å². The van der Waals surface area contributed by atoms with Crippen LogP contribution in [-0.2, 0) is 0 Å². The van der Waals surface area contributed by atoms with E-state index in [2.05, 4.69) is 15.9 Å². The molecule has 0 unspecified atom stereocenters. The van der Waals surface area contributed by atoms with Gasteiger partial charge >= 0.3 is 0 Å². The molecule has 1 rings (SSSR count). The zero-order valence-electron chi connectivity index (χ0n) is 11.2. The maximum atomic E-state index is 13.0. The number of hydrogen-bond acceptors (Lipinski definition) is 2. The lowest BCUT2D eigenvalue weighted by atomic mass is 9.93. The number of halogens is 3. The van der Waals surface area contributed by atoms with Gasteiger partial charge in [0.15, 0.2) is 0 Å². The predicted octanol–water partition coefficient (Wildman–Crippen LogP) is 3.07. The third-order valence-corrected chi connectivity index (χ3v) is 3.38. The number of amides is 1. The Kier molecular flexibility index (Phi) is 6.97. The van der Waals surface area contributed by atoms with Crippen LogP contribution in [0.4, 0.5) is 4.39 Å². The summed E-state index contributed by atoms with van der Waals surface area (Å²) < 4.78 is 13.4. The Morgan fingerprint density at radius 3 is 2.53 bits per heavy atom. The van der Waals surface area contributed by atoms with E-state index in [-0.39, 0.29) is 29.5 Å². The smallest absolute Gasteiger partial charge is 0.254 e. The van der Waals surface area contributed by atoms with Crippen molar-refractivity contribution in [3.8, 4) is 0 Å². The fraction of sp³-hybridized carbons (Fsp3) is 0.462. The Morgan fingerprint density at radius 2 is 2.05 bits per heavy atom. The largest absolute Gasteiger partial charge is 0.341 e. The quantitative estimate of drug-likeness (QED) is 0.904. The highest BCUT2D eigenvalue weighted by Gasteiger charge is 2.23. The summed E-state index contributed by atoms with van der Waals surface area (Å²) in [6.07, 6.45) is 0. The average Bonchev–Trinajstić information content (AvgIpc) is 2.27. The lowest BCUT2D eigenvalue weighted by molar-refractivity contribution is 0.0739. The van der Waals surface area contributed by atoms with Crippen molar-refractivity contribution >= 4 is 34.2 Å². The zero-order chi connectivity index (χ0) is 13.9. The van der Waals surface area contributed by atoms with Crippen LogP contribution in [0.2, 0.25) is 0 Å². The van der Waals surface area contributed by atoms with Crippen molar-refractivity contribution < 1.29 is 9.18 Å². The van der Waals surface area contributed by atoms with Crippen LogP contribution in [0.15, 0.2) is 22.7 Å². The van der Waals surface area contributed by atoms with E-state index < -0.39 is 0 Å². The molecule has 0 radical (unpaired) electrons. The molecule has 0 saturated heterocycles. The van der Waals surface area contributed by atoms with Crippen molar-refractivity contribution in [2.75, 3.05) is 20.1 Å². The summed E-state index contributed by atoms with van der Waals surface area (Å²) in [6, 6.07) is 4.04. The highest BCUT2D eigenvalue weighted by Crippen LogP contribution is 2.21. The minimum Gasteiger partial charge on any atom is -0.341 e. The molecule has 0 spiro atoms. The second-order valence-corrected chi connectivity index (χ2v) is 6.01. The highest BCUT2D eigenvalue weighted by molar-refractivity contribution is 9.10. The van der Waals surface area contributed by atoms with Gasteiger partial charge < -0.3 is 10.6 Å². The van der Waals surface area contributed by atoms with E-state index in [0.717, 1.165) is 0 Å². The normalized spacial score (nSPS) is 10.8. The molecule has 0 fully saturated rings. The molecule has 108 valence electrons. The van der Waals surface area contributed by atoms with Gasteiger partial charge in [-0.25, -0.2) is 4.39 Å². The molecule has 0 atom stereocenters. The van der Waals surface area contributed by atoms with Crippen molar-refractivity contribution in [1.29, 1.82) is 0 Å². The van der Waals surface area contributed by atoms with Crippen molar-refractivity contribution in [3.05, 3.63) is 34.1 Å². The molecule has 0 bridgehead atoms. The molecule has 2 N–H and O–H groups in total. The first-order valence-electron chi connectivity index (χ1n) is 5.67. The van der Waals surface area contributed by atoms with Gasteiger partial charge in [-0.1, -0.05) is 13.8 Å². The van der Waals surface area contributed by atoms with Crippen LogP contribution in [-0.4, -0.2) is 30.9 Å². The summed E-state index contributed by atoms with van der Waals surface area (Å²) in [5, 5.41) is 0. The summed E-state index contributed by atoms with van der Waals surface area (Å²) in [7, 11) is 1.72. The van der Waals surface area contributed by atoms with E-state index in [0.29, 0.717) is 23.1 Å².